The molecule has 4 fully saturated rings. The molecule has 1 spiro atoms. The van der Waals surface area contributed by atoms with Gasteiger partial charge in [0.1, 0.15) is 5.60 Å². The minimum absolute atomic E-state index is 0.0995. The van der Waals surface area contributed by atoms with Gasteiger partial charge in [-0.3, -0.25) is 4.79 Å². The highest BCUT2D eigenvalue weighted by Gasteiger charge is 2.67. The molecular formula is C18H28O4. The maximum Gasteiger partial charge on any atom is 0.293 e. The summed E-state index contributed by atoms with van der Waals surface area (Å²) in [5.41, 5.74) is -0.225. The van der Waals surface area contributed by atoms with Crippen LogP contribution in [0.3, 0.4) is 0 Å². The Morgan fingerprint density at radius 2 is 1.82 bits per heavy atom. The van der Waals surface area contributed by atoms with E-state index in [-0.39, 0.29) is 22.4 Å². The molecule has 4 nitrogen and oxygen atoms in total. The first-order valence-electron chi connectivity index (χ1n) is 8.82. The molecule has 0 aromatic heterocycles. The molecule has 0 amide bonds. The zero-order chi connectivity index (χ0) is 15.6. The highest BCUT2D eigenvalue weighted by molar-refractivity contribution is 5.39. The van der Waals surface area contributed by atoms with Crippen LogP contribution in [0, 0.1) is 17.3 Å². The van der Waals surface area contributed by atoms with Gasteiger partial charge in [-0.15, -0.1) is 0 Å². The van der Waals surface area contributed by atoms with E-state index in [0.717, 1.165) is 38.7 Å². The molecule has 2 unspecified atom stereocenters. The zero-order valence-electron chi connectivity index (χ0n) is 14.0. The van der Waals surface area contributed by atoms with Crippen LogP contribution < -0.4 is 0 Å². The maximum absolute atomic E-state index is 11.0. The third-order valence-electron chi connectivity index (χ3n) is 7.45. The van der Waals surface area contributed by atoms with Gasteiger partial charge in [0.2, 0.25) is 0 Å². The molecule has 0 aromatic carbocycles. The summed E-state index contributed by atoms with van der Waals surface area (Å²) in [6.07, 6.45) is 7.57. The minimum atomic E-state index is -0.364. The van der Waals surface area contributed by atoms with Gasteiger partial charge in [-0.2, -0.15) is 0 Å². The lowest BCUT2D eigenvalue weighted by Crippen LogP contribution is -2.63. The predicted octanol–water partition coefficient (Wildman–Crippen LogP) is 3.43. The molecule has 2 saturated carbocycles. The smallest absolute Gasteiger partial charge is 0.293 e. The van der Waals surface area contributed by atoms with Gasteiger partial charge in [-0.25, -0.2) is 0 Å². The molecule has 4 aliphatic rings. The summed E-state index contributed by atoms with van der Waals surface area (Å²) in [6, 6.07) is 0. The lowest BCUT2D eigenvalue weighted by molar-refractivity contribution is -0.267. The largest absolute Gasteiger partial charge is 0.461 e. The summed E-state index contributed by atoms with van der Waals surface area (Å²) in [4.78, 5) is 11.0. The highest BCUT2D eigenvalue weighted by atomic mass is 16.8. The molecule has 0 N–H and O–H groups in total. The first kappa shape index (κ1) is 14.9. The second kappa shape index (κ2) is 4.47. The fourth-order valence-corrected chi connectivity index (χ4v) is 6.51. The Bertz CT molecular complexity index is 493. The summed E-state index contributed by atoms with van der Waals surface area (Å²) in [6.45, 7) is 8.04. The number of carbonyl (C=O) groups is 1. The van der Waals surface area contributed by atoms with Crippen LogP contribution in [0.15, 0.2) is 0 Å². The maximum atomic E-state index is 11.0. The van der Waals surface area contributed by atoms with Gasteiger partial charge in [0.25, 0.3) is 6.47 Å². The Kier molecular flexibility index (Phi) is 3.04. The summed E-state index contributed by atoms with van der Waals surface area (Å²) in [5, 5.41) is 0. The van der Waals surface area contributed by atoms with Crippen molar-refractivity contribution in [2.24, 2.45) is 17.3 Å². The van der Waals surface area contributed by atoms with E-state index in [2.05, 4.69) is 20.8 Å². The minimum Gasteiger partial charge on any atom is -0.461 e. The van der Waals surface area contributed by atoms with Crippen molar-refractivity contribution in [2.45, 2.75) is 82.7 Å². The number of ether oxygens (including phenoxy) is 3. The van der Waals surface area contributed by atoms with E-state index in [9.17, 15) is 4.79 Å². The van der Waals surface area contributed by atoms with Crippen LogP contribution in [0.25, 0.3) is 0 Å². The van der Waals surface area contributed by atoms with Crippen LogP contribution in [0.1, 0.15) is 65.7 Å². The summed E-state index contributed by atoms with van der Waals surface area (Å²) in [5.74, 6) is 0.587. The third kappa shape index (κ3) is 1.80. The Morgan fingerprint density at radius 3 is 2.59 bits per heavy atom. The molecule has 0 aromatic rings. The third-order valence-corrected chi connectivity index (χ3v) is 7.45. The van der Waals surface area contributed by atoms with Crippen molar-refractivity contribution >= 4 is 6.47 Å². The van der Waals surface area contributed by atoms with Crippen molar-refractivity contribution in [2.75, 3.05) is 6.61 Å². The molecule has 4 rings (SSSR count). The monoisotopic (exact) mass is 308 g/mol. The van der Waals surface area contributed by atoms with Crippen LogP contribution in [0.2, 0.25) is 0 Å². The number of fused-ring (bicyclic) bond motifs is 3. The molecule has 2 aliphatic heterocycles. The van der Waals surface area contributed by atoms with E-state index in [1.54, 1.807) is 0 Å². The van der Waals surface area contributed by atoms with Crippen LogP contribution in [-0.2, 0) is 19.0 Å². The van der Waals surface area contributed by atoms with Crippen LogP contribution >= 0.6 is 0 Å². The van der Waals surface area contributed by atoms with Gasteiger partial charge < -0.3 is 14.2 Å². The number of hydrogen-bond donors (Lipinski definition) is 0. The quantitative estimate of drug-likeness (QED) is 0.733. The second-order valence-electron chi connectivity index (χ2n) is 8.66. The molecule has 2 aliphatic carbocycles. The lowest BCUT2D eigenvalue weighted by Gasteiger charge is -2.62. The average molecular weight is 308 g/mol. The SMILES string of the molecule is C[C@@]12CCC3[C@](CCC4[C@]3(C)CCC[C@]4(C)OC=O)(CO1)O2. The highest BCUT2D eigenvalue weighted by Crippen LogP contribution is 2.65. The molecule has 0 radical (unpaired) electrons. The number of rotatable bonds is 2. The Labute approximate surface area is 132 Å². The van der Waals surface area contributed by atoms with E-state index < -0.39 is 0 Å². The molecule has 2 saturated heterocycles. The normalized spacial score (nSPS) is 56.9. The first-order valence-corrected chi connectivity index (χ1v) is 8.82. The topological polar surface area (TPSA) is 44.8 Å². The Balaban J connectivity index is 1.70. The Hall–Kier alpha value is -0.610. The predicted molar refractivity (Wildman–Crippen MR) is 81.1 cm³/mol. The summed E-state index contributed by atoms with van der Waals surface area (Å²) in [7, 11) is 0. The van der Waals surface area contributed by atoms with Crippen molar-refractivity contribution in [1.29, 1.82) is 0 Å². The molecule has 4 heteroatoms. The number of carbonyl (C=O) groups excluding carboxylic acids is 1. The molecule has 22 heavy (non-hydrogen) atoms. The van der Waals surface area contributed by atoms with Gasteiger partial charge in [0.15, 0.2) is 5.79 Å². The van der Waals surface area contributed by atoms with Crippen LogP contribution in [-0.4, -0.2) is 30.1 Å². The van der Waals surface area contributed by atoms with E-state index >= 15 is 0 Å². The van der Waals surface area contributed by atoms with Gasteiger partial charge in [0.05, 0.1) is 12.2 Å². The van der Waals surface area contributed by atoms with Crippen molar-refractivity contribution in [3.63, 3.8) is 0 Å². The van der Waals surface area contributed by atoms with Crippen molar-refractivity contribution in [3.8, 4) is 0 Å². The Morgan fingerprint density at radius 1 is 1.05 bits per heavy atom. The lowest BCUT2D eigenvalue weighted by atomic mass is 9.46. The average Bonchev–Trinajstić information content (AvgIpc) is 2.69. The fraction of sp³-hybridized carbons (Fsp3) is 0.944. The molecule has 6 atom stereocenters. The van der Waals surface area contributed by atoms with Crippen molar-refractivity contribution in [1.82, 2.24) is 0 Å². The van der Waals surface area contributed by atoms with Crippen molar-refractivity contribution in [3.05, 3.63) is 0 Å². The van der Waals surface area contributed by atoms with Crippen molar-refractivity contribution < 1.29 is 19.0 Å². The van der Waals surface area contributed by atoms with Gasteiger partial charge in [-0.05, 0) is 63.7 Å². The van der Waals surface area contributed by atoms with Gasteiger partial charge in [-0.1, -0.05) is 6.92 Å². The van der Waals surface area contributed by atoms with Gasteiger partial charge in [0, 0.05) is 12.3 Å². The van der Waals surface area contributed by atoms with Crippen LogP contribution in [0.4, 0.5) is 0 Å². The molecule has 124 valence electrons. The molecular weight excluding hydrogens is 280 g/mol. The molecule has 2 bridgehead atoms. The summed E-state index contributed by atoms with van der Waals surface area (Å²) >= 11 is 0. The standard InChI is InChI=1S/C18H28O4/c1-15-7-4-8-16(2,21-12-19)13(15)6-10-18-11-20-17(3,22-18)9-5-14(15)18/h12-14H,4-11H2,1-3H3/t13?,14?,15-,16-,17+,18-/m0/s1. The first-order chi connectivity index (χ1) is 10.4. The van der Waals surface area contributed by atoms with E-state index in [1.165, 1.54) is 12.8 Å². The van der Waals surface area contributed by atoms with Crippen LogP contribution in [0.5, 0.6) is 0 Å². The van der Waals surface area contributed by atoms with E-state index in [1.807, 2.05) is 0 Å². The van der Waals surface area contributed by atoms with Gasteiger partial charge >= 0.3 is 0 Å². The summed E-state index contributed by atoms with van der Waals surface area (Å²) < 4.78 is 18.2. The van der Waals surface area contributed by atoms with E-state index in [4.69, 9.17) is 14.2 Å². The molecule has 2 heterocycles. The fourth-order valence-electron chi connectivity index (χ4n) is 6.51. The second-order valence-corrected chi connectivity index (χ2v) is 8.66. The number of hydrogen-bond acceptors (Lipinski definition) is 4. The zero-order valence-corrected chi connectivity index (χ0v) is 14.0. The van der Waals surface area contributed by atoms with E-state index in [0.29, 0.717) is 18.3 Å².